The lowest BCUT2D eigenvalue weighted by Crippen LogP contribution is -2.27. The highest BCUT2D eigenvalue weighted by Crippen LogP contribution is 2.37. The molecule has 1 heterocycles. The van der Waals surface area contributed by atoms with Crippen molar-refractivity contribution in [2.75, 3.05) is 13.2 Å². The van der Waals surface area contributed by atoms with Crippen LogP contribution in [0.5, 0.6) is 5.75 Å². The van der Waals surface area contributed by atoms with E-state index in [-0.39, 0.29) is 30.1 Å². The van der Waals surface area contributed by atoms with Crippen molar-refractivity contribution in [3.63, 3.8) is 0 Å². The lowest BCUT2D eigenvalue weighted by atomic mass is 9.87. The van der Waals surface area contributed by atoms with E-state index in [1.54, 1.807) is 12.1 Å². The summed E-state index contributed by atoms with van der Waals surface area (Å²) in [5.41, 5.74) is 7.35. The van der Waals surface area contributed by atoms with Crippen molar-refractivity contribution in [3.8, 4) is 11.8 Å². The van der Waals surface area contributed by atoms with Crippen molar-refractivity contribution in [1.29, 1.82) is 5.26 Å². The molecular weight excluding hydrogens is 332 g/mol. The number of hydrogen-bond acceptors (Lipinski definition) is 4. The van der Waals surface area contributed by atoms with Gasteiger partial charge >= 0.3 is 0 Å². The van der Waals surface area contributed by atoms with Crippen molar-refractivity contribution < 1.29 is 9.84 Å². The summed E-state index contributed by atoms with van der Waals surface area (Å²) in [6.07, 6.45) is 1.77. The van der Waals surface area contributed by atoms with Gasteiger partial charge in [-0.3, -0.25) is 0 Å². The fraction of sp³-hybridized carbons (Fsp3) is 0.462. The number of hydrogen-bond donors (Lipinski definition) is 2. The Balaban J connectivity index is 0.00000180. The second-order valence-electron chi connectivity index (χ2n) is 4.48. The lowest BCUT2D eigenvalue weighted by molar-refractivity contribution is 0.0581. The molecule has 3 N–H and O–H groups in total. The molecule has 0 radical (unpaired) electrons. The van der Waals surface area contributed by atoms with Crippen LogP contribution in [0.4, 0.5) is 0 Å². The first kappa shape index (κ1) is 16.3. The monoisotopic (exact) mass is 346 g/mol. The minimum Gasteiger partial charge on any atom is -0.506 e. The zero-order valence-electron chi connectivity index (χ0n) is 10.3. The first-order chi connectivity index (χ1) is 8.63. The Bertz CT molecular complexity index is 484. The minimum atomic E-state index is -0.265. The largest absolute Gasteiger partial charge is 0.506 e. The number of nitriles is 1. The Morgan fingerprint density at radius 1 is 1.42 bits per heavy atom. The molecule has 0 aliphatic carbocycles. The van der Waals surface area contributed by atoms with Crippen molar-refractivity contribution >= 4 is 28.3 Å². The summed E-state index contributed by atoms with van der Waals surface area (Å²) in [6.45, 7) is 1.41. The van der Waals surface area contributed by atoms with E-state index in [0.29, 0.717) is 28.8 Å². The molecule has 1 aromatic carbocycles. The summed E-state index contributed by atoms with van der Waals surface area (Å²) >= 11 is 3.25. The van der Waals surface area contributed by atoms with E-state index in [2.05, 4.69) is 22.0 Å². The van der Waals surface area contributed by atoms with Gasteiger partial charge in [-0.1, -0.05) is 0 Å². The van der Waals surface area contributed by atoms with Gasteiger partial charge in [0.25, 0.3) is 0 Å². The number of ether oxygens (including phenoxy) is 1. The lowest BCUT2D eigenvalue weighted by Gasteiger charge is -2.28. The van der Waals surface area contributed by atoms with E-state index >= 15 is 0 Å². The predicted octanol–water partition coefficient (Wildman–Crippen LogP) is 2.87. The molecular formula is C13H16BrClN2O2. The van der Waals surface area contributed by atoms with Crippen LogP contribution >= 0.6 is 28.3 Å². The van der Waals surface area contributed by atoms with Crippen molar-refractivity contribution in [3.05, 3.63) is 27.7 Å². The van der Waals surface area contributed by atoms with Crippen LogP contribution in [-0.4, -0.2) is 18.3 Å². The Kier molecular flexibility index (Phi) is 6.08. The summed E-state index contributed by atoms with van der Waals surface area (Å²) in [7, 11) is 0. The number of halogens is 2. The molecule has 1 aliphatic heterocycles. The van der Waals surface area contributed by atoms with Gasteiger partial charge in [0.05, 0.1) is 16.1 Å². The van der Waals surface area contributed by atoms with Gasteiger partial charge in [0.1, 0.15) is 5.75 Å². The Labute approximate surface area is 127 Å². The summed E-state index contributed by atoms with van der Waals surface area (Å²) < 4.78 is 5.82. The SMILES string of the molecule is Cl.N#Cc1cc(Br)c(O)c([C@H](N)C2CCOCC2)c1. The van der Waals surface area contributed by atoms with Crippen molar-refractivity contribution in [2.45, 2.75) is 18.9 Å². The molecule has 4 nitrogen and oxygen atoms in total. The van der Waals surface area contributed by atoms with Gasteiger partial charge in [-0.15, -0.1) is 12.4 Å². The van der Waals surface area contributed by atoms with Crippen LogP contribution < -0.4 is 5.73 Å². The maximum absolute atomic E-state index is 10.1. The van der Waals surface area contributed by atoms with Crippen LogP contribution in [0.1, 0.15) is 30.0 Å². The summed E-state index contributed by atoms with van der Waals surface area (Å²) in [5.74, 6) is 0.415. The second kappa shape index (κ2) is 7.11. The van der Waals surface area contributed by atoms with E-state index in [9.17, 15) is 5.11 Å². The van der Waals surface area contributed by atoms with Crippen molar-refractivity contribution in [1.82, 2.24) is 0 Å². The van der Waals surface area contributed by atoms with Gasteiger partial charge < -0.3 is 15.6 Å². The first-order valence-corrected chi connectivity index (χ1v) is 6.68. The fourth-order valence-corrected chi connectivity index (χ4v) is 2.74. The number of phenols is 1. The highest BCUT2D eigenvalue weighted by molar-refractivity contribution is 9.10. The van der Waals surface area contributed by atoms with Gasteiger partial charge in [-0.25, -0.2) is 0 Å². The third kappa shape index (κ3) is 3.61. The van der Waals surface area contributed by atoms with Crippen LogP contribution in [-0.2, 0) is 4.74 Å². The van der Waals surface area contributed by atoms with E-state index in [1.807, 2.05) is 0 Å². The maximum Gasteiger partial charge on any atom is 0.134 e. The topological polar surface area (TPSA) is 79.3 Å². The standard InChI is InChI=1S/C13H15BrN2O2.ClH/c14-11-6-8(7-15)5-10(13(11)17)12(16)9-1-3-18-4-2-9;/h5-6,9,12,17H,1-4,16H2;1H/t12-;/m1./s1. The Morgan fingerprint density at radius 2 is 2.05 bits per heavy atom. The van der Waals surface area contributed by atoms with Crippen molar-refractivity contribution in [2.24, 2.45) is 11.7 Å². The highest BCUT2D eigenvalue weighted by Gasteiger charge is 2.25. The number of rotatable bonds is 2. The van der Waals surface area contributed by atoms with E-state index in [1.165, 1.54) is 0 Å². The zero-order chi connectivity index (χ0) is 13.1. The molecule has 6 heteroatoms. The third-order valence-electron chi connectivity index (χ3n) is 3.35. The summed E-state index contributed by atoms with van der Waals surface area (Å²) in [4.78, 5) is 0. The smallest absolute Gasteiger partial charge is 0.134 e. The summed E-state index contributed by atoms with van der Waals surface area (Å²) in [6, 6.07) is 5.07. The quantitative estimate of drug-likeness (QED) is 0.862. The summed E-state index contributed by atoms with van der Waals surface area (Å²) in [5, 5.41) is 19.0. The van der Waals surface area contributed by atoms with Gasteiger partial charge in [0.15, 0.2) is 0 Å². The molecule has 1 atom stereocenters. The molecule has 0 unspecified atom stereocenters. The molecule has 2 rings (SSSR count). The molecule has 0 saturated carbocycles. The van der Waals surface area contributed by atoms with Gasteiger partial charge in [0.2, 0.25) is 0 Å². The Morgan fingerprint density at radius 3 is 2.63 bits per heavy atom. The van der Waals surface area contributed by atoms with Crippen LogP contribution in [0.2, 0.25) is 0 Å². The molecule has 1 aromatic rings. The Hall–Kier alpha value is -0.800. The fourth-order valence-electron chi connectivity index (χ4n) is 2.27. The number of nitrogens with zero attached hydrogens (tertiary/aromatic N) is 1. The molecule has 1 aliphatic rings. The van der Waals surface area contributed by atoms with E-state index < -0.39 is 0 Å². The van der Waals surface area contributed by atoms with Crippen LogP contribution in [0, 0.1) is 17.2 Å². The second-order valence-corrected chi connectivity index (χ2v) is 5.34. The van der Waals surface area contributed by atoms with Gasteiger partial charge in [-0.05, 0) is 46.8 Å². The number of phenolic OH excluding ortho intramolecular Hbond substituents is 1. The van der Waals surface area contributed by atoms with Crippen LogP contribution in [0.15, 0.2) is 16.6 Å². The molecule has 19 heavy (non-hydrogen) atoms. The number of nitrogens with two attached hydrogens (primary N) is 1. The molecule has 0 spiro atoms. The molecule has 1 fully saturated rings. The normalized spacial score (nSPS) is 17.3. The number of benzene rings is 1. The average Bonchev–Trinajstić information content (AvgIpc) is 2.42. The number of aromatic hydroxyl groups is 1. The molecule has 1 saturated heterocycles. The van der Waals surface area contributed by atoms with E-state index in [0.717, 1.165) is 12.8 Å². The van der Waals surface area contributed by atoms with Crippen LogP contribution in [0.25, 0.3) is 0 Å². The maximum atomic E-state index is 10.1. The molecule has 104 valence electrons. The van der Waals surface area contributed by atoms with E-state index in [4.69, 9.17) is 15.7 Å². The molecule has 0 bridgehead atoms. The van der Waals surface area contributed by atoms with Gasteiger partial charge in [0, 0.05) is 24.8 Å². The average molecular weight is 348 g/mol. The van der Waals surface area contributed by atoms with Crippen LogP contribution in [0.3, 0.4) is 0 Å². The van der Waals surface area contributed by atoms with Gasteiger partial charge in [-0.2, -0.15) is 5.26 Å². The minimum absolute atomic E-state index is 0. The predicted molar refractivity (Wildman–Crippen MR) is 78.2 cm³/mol. The first-order valence-electron chi connectivity index (χ1n) is 5.89. The molecule has 0 aromatic heterocycles. The zero-order valence-corrected chi connectivity index (χ0v) is 12.7. The highest BCUT2D eigenvalue weighted by atomic mass is 79.9. The molecule has 0 amide bonds. The third-order valence-corrected chi connectivity index (χ3v) is 3.96.